The summed E-state index contributed by atoms with van der Waals surface area (Å²) in [5, 5.41) is 11.1. The lowest BCUT2D eigenvalue weighted by atomic mass is 10.1. The zero-order chi connectivity index (χ0) is 21.3. The summed E-state index contributed by atoms with van der Waals surface area (Å²) in [7, 11) is 0. The Morgan fingerprint density at radius 1 is 1.31 bits per heavy atom. The number of nitrogens with zero attached hydrogens (tertiary/aromatic N) is 4. The van der Waals surface area contributed by atoms with E-state index in [9.17, 15) is 19.7 Å². The zero-order valence-electron chi connectivity index (χ0n) is 16.7. The molecule has 0 bridgehead atoms. The Balaban J connectivity index is 1.98. The summed E-state index contributed by atoms with van der Waals surface area (Å²) in [6.07, 6.45) is 0. The van der Waals surface area contributed by atoms with Gasteiger partial charge in [0.05, 0.1) is 0 Å². The van der Waals surface area contributed by atoms with Gasteiger partial charge in [0.2, 0.25) is 5.91 Å². The van der Waals surface area contributed by atoms with E-state index in [2.05, 4.69) is 4.98 Å². The molecule has 0 saturated carbocycles. The van der Waals surface area contributed by atoms with Gasteiger partial charge in [0.25, 0.3) is 11.7 Å². The summed E-state index contributed by atoms with van der Waals surface area (Å²) >= 11 is 0. The van der Waals surface area contributed by atoms with E-state index in [1.54, 1.807) is 18.7 Å². The van der Waals surface area contributed by atoms with Gasteiger partial charge in [0, 0.05) is 18.3 Å². The molecule has 0 unspecified atom stereocenters. The molecular weight excluding hydrogens is 376 g/mol. The SMILES string of the molecule is CCN(C(=O)CN1C(=O)C(C)(C)Oc2ccc([N+](=O)[O-])nc21)c1cccc(C)c1. The normalized spacial score (nSPS) is 14.8. The summed E-state index contributed by atoms with van der Waals surface area (Å²) in [6.45, 7) is 7.01. The van der Waals surface area contributed by atoms with Crippen molar-refractivity contribution in [3.63, 3.8) is 0 Å². The second-order valence-electron chi connectivity index (χ2n) is 7.23. The minimum atomic E-state index is -1.23. The van der Waals surface area contributed by atoms with Crippen molar-refractivity contribution in [2.24, 2.45) is 0 Å². The van der Waals surface area contributed by atoms with Gasteiger partial charge in [-0.25, -0.2) is 0 Å². The third-order valence-corrected chi connectivity index (χ3v) is 4.62. The molecule has 1 aliphatic rings. The van der Waals surface area contributed by atoms with Gasteiger partial charge < -0.3 is 19.8 Å². The molecule has 2 amide bonds. The molecule has 0 N–H and O–H groups in total. The molecule has 1 aromatic carbocycles. The standard InChI is InChI=1S/C20H22N4O5/c1-5-22(14-8-6-7-13(2)11-14)17(25)12-23-18-15(29-20(3,4)19(23)26)9-10-16(21-18)24(27)28/h6-11H,5,12H2,1-4H3. The number of likely N-dealkylation sites (N-methyl/N-ethyl adjacent to an activating group) is 1. The average Bonchev–Trinajstić information content (AvgIpc) is 2.65. The molecule has 1 aliphatic heterocycles. The van der Waals surface area contributed by atoms with Crippen LogP contribution in [0.2, 0.25) is 0 Å². The van der Waals surface area contributed by atoms with E-state index in [1.165, 1.54) is 12.1 Å². The summed E-state index contributed by atoms with van der Waals surface area (Å²) in [6, 6.07) is 10.1. The number of nitro groups is 1. The third kappa shape index (κ3) is 3.89. The molecule has 2 heterocycles. The van der Waals surface area contributed by atoms with Gasteiger partial charge in [0.1, 0.15) is 6.54 Å². The highest BCUT2D eigenvalue weighted by atomic mass is 16.6. The number of carbonyl (C=O) groups excluding carboxylic acids is 2. The number of ether oxygens (including phenoxy) is 1. The molecule has 152 valence electrons. The third-order valence-electron chi connectivity index (χ3n) is 4.62. The largest absolute Gasteiger partial charge is 0.472 e. The average molecular weight is 398 g/mol. The van der Waals surface area contributed by atoms with Crippen LogP contribution >= 0.6 is 0 Å². The number of fused-ring (bicyclic) bond motifs is 1. The van der Waals surface area contributed by atoms with Gasteiger partial charge in [-0.1, -0.05) is 12.1 Å². The number of amides is 2. The number of aromatic nitrogens is 1. The molecule has 9 nitrogen and oxygen atoms in total. The number of carbonyl (C=O) groups is 2. The van der Waals surface area contributed by atoms with Crippen LogP contribution in [0.5, 0.6) is 5.75 Å². The monoisotopic (exact) mass is 398 g/mol. The maximum Gasteiger partial charge on any atom is 0.366 e. The van der Waals surface area contributed by atoms with Crippen molar-refractivity contribution in [2.45, 2.75) is 33.3 Å². The van der Waals surface area contributed by atoms with Crippen LogP contribution in [0.3, 0.4) is 0 Å². The Labute approximate surface area is 168 Å². The van der Waals surface area contributed by atoms with Crippen LogP contribution in [-0.2, 0) is 9.59 Å². The van der Waals surface area contributed by atoms with Crippen LogP contribution in [-0.4, -0.2) is 40.4 Å². The van der Waals surface area contributed by atoms with E-state index in [4.69, 9.17) is 4.74 Å². The van der Waals surface area contributed by atoms with E-state index >= 15 is 0 Å². The molecule has 0 saturated heterocycles. The van der Waals surface area contributed by atoms with Crippen molar-refractivity contribution < 1.29 is 19.2 Å². The molecule has 0 atom stereocenters. The van der Waals surface area contributed by atoms with Crippen LogP contribution in [0.15, 0.2) is 36.4 Å². The molecule has 0 spiro atoms. The summed E-state index contributed by atoms with van der Waals surface area (Å²) < 4.78 is 5.66. The highest BCUT2D eigenvalue weighted by Gasteiger charge is 2.45. The van der Waals surface area contributed by atoms with Crippen molar-refractivity contribution in [3.8, 4) is 5.75 Å². The topological polar surface area (TPSA) is 106 Å². The maximum atomic E-state index is 13.1. The Hall–Kier alpha value is -3.49. The number of anilines is 2. The molecular formula is C20H22N4O5. The van der Waals surface area contributed by atoms with Crippen molar-refractivity contribution in [2.75, 3.05) is 22.9 Å². The van der Waals surface area contributed by atoms with Gasteiger partial charge in [0.15, 0.2) is 11.4 Å². The second kappa shape index (κ2) is 7.50. The van der Waals surface area contributed by atoms with Crippen LogP contribution < -0.4 is 14.5 Å². The van der Waals surface area contributed by atoms with Crippen LogP contribution in [0.25, 0.3) is 0 Å². The zero-order valence-corrected chi connectivity index (χ0v) is 16.7. The smallest absolute Gasteiger partial charge is 0.366 e. The lowest BCUT2D eigenvalue weighted by molar-refractivity contribution is -0.389. The number of pyridine rings is 1. The fourth-order valence-electron chi connectivity index (χ4n) is 3.21. The first-order chi connectivity index (χ1) is 13.6. The van der Waals surface area contributed by atoms with Crippen molar-refractivity contribution in [1.82, 2.24) is 4.98 Å². The number of rotatable bonds is 5. The quantitative estimate of drug-likeness (QED) is 0.566. The van der Waals surface area contributed by atoms with Crippen molar-refractivity contribution >= 4 is 29.1 Å². The lowest BCUT2D eigenvalue weighted by Gasteiger charge is -2.36. The fourth-order valence-corrected chi connectivity index (χ4v) is 3.21. The first-order valence-electron chi connectivity index (χ1n) is 9.17. The Morgan fingerprint density at radius 2 is 2.03 bits per heavy atom. The molecule has 0 fully saturated rings. The van der Waals surface area contributed by atoms with E-state index in [-0.39, 0.29) is 24.0 Å². The van der Waals surface area contributed by atoms with Crippen LogP contribution in [0.1, 0.15) is 26.3 Å². The molecule has 1 aromatic heterocycles. The Morgan fingerprint density at radius 3 is 2.66 bits per heavy atom. The lowest BCUT2D eigenvalue weighted by Crippen LogP contribution is -2.55. The van der Waals surface area contributed by atoms with Gasteiger partial charge in [-0.05, 0) is 61.4 Å². The first-order valence-corrected chi connectivity index (χ1v) is 9.17. The van der Waals surface area contributed by atoms with Crippen molar-refractivity contribution in [1.29, 1.82) is 0 Å². The minimum Gasteiger partial charge on any atom is -0.472 e. The van der Waals surface area contributed by atoms with Crippen LogP contribution in [0.4, 0.5) is 17.3 Å². The number of benzene rings is 1. The number of hydrogen-bond donors (Lipinski definition) is 0. The summed E-state index contributed by atoms with van der Waals surface area (Å²) in [4.78, 5) is 43.1. The molecule has 29 heavy (non-hydrogen) atoms. The van der Waals surface area contributed by atoms with Crippen molar-refractivity contribution in [3.05, 3.63) is 52.1 Å². The van der Waals surface area contributed by atoms with E-state index in [1.807, 2.05) is 38.1 Å². The molecule has 0 aliphatic carbocycles. The summed E-state index contributed by atoms with van der Waals surface area (Å²) in [5.74, 6) is -1.07. The summed E-state index contributed by atoms with van der Waals surface area (Å²) in [5.41, 5.74) is 0.482. The second-order valence-corrected chi connectivity index (χ2v) is 7.23. The maximum absolute atomic E-state index is 13.1. The van der Waals surface area contributed by atoms with Gasteiger partial charge in [-0.15, -0.1) is 0 Å². The molecule has 0 radical (unpaired) electrons. The first kappa shape index (κ1) is 20.2. The number of aryl methyl sites for hydroxylation is 1. The van der Waals surface area contributed by atoms with E-state index in [0.29, 0.717) is 12.2 Å². The van der Waals surface area contributed by atoms with Gasteiger partial charge in [-0.3, -0.25) is 14.5 Å². The van der Waals surface area contributed by atoms with Crippen LogP contribution in [0, 0.1) is 17.0 Å². The van der Waals surface area contributed by atoms with E-state index in [0.717, 1.165) is 10.5 Å². The van der Waals surface area contributed by atoms with Gasteiger partial charge in [-0.2, -0.15) is 0 Å². The molecule has 3 rings (SSSR count). The Kier molecular flexibility index (Phi) is 5.23. The predicted octanol–water partition coefficient (Wildman–Crippen LogP) is 2.86. The molecule has 9 heteroatoms. The minimum absolute atomic E-state index is 0.0304. The van der Waals surface area contributed by atoms with E-state index < -0.39 is 22.2 Å². The highest BCUT2D eigenvalue weighted by molar-refractivity contribution is 6.07. The fraction of sp³-hybridized carbons (Fsp3) is 0.350. The predicted molar refractivity (Wildman–Crippen MR) is 107 cm³/mol. The molecule has 2 aromatic rings. The van der Waals surface area contributed by atoms with Gasteiger partial charge >= 0.3 is 5.82 Å². The Bertz CT molecular complexity index is 989. The highest BCUT2D eigenvalue weighted by Crippen LogP contribution is 2.37. The number of hydrogen-bond acceptors (Lipinski definition) is 6.